The standard InChI is InChI=1S/C15H12FNO4/c1-2-13(18)11-5-3-4-6-14(11)21-15-8-7-10(17(19)20)9-12(15)16/h3-9H,2H2,1H3. The summed E-state index contributed by atoms with van der Waals surface area (Å²) in [7, 11) is 0. The highest BCUT2D eigenvalue weighted by Gasteiger charge is 2.15. The van der Waals surface area contributed by atoms with Crippen LogP contribution < -0.4 is 4.74 Å². The van der Waals surface area contributed by atoms with Gasteiger partial charge in [0.25, 0.3) is 5.69 Å². The van der Waals surface area contributed by atoms with E-state index in [1.54, 1.807) is 31.2 Å². The number of nitro groups is 1. The topological polar surface area (TPSA) is 69.4 Å². The second-order valence-electron chi connectivity index (χ2n) is 4.25. The van der Waals surface area contributed by atoms with Crippen molar-refractivity contribution in [3.63, 3.8) is 0 Å². The molecule has 108 valence electrons. The molecule has 2 aromatic carbocycles. The normalized spacial score (nSPS) is 10.2. The number of nitrogens with zero attached hydrogens (tertiary/aromatic N) is 1. The van der Waals surface area contributed by atoms with E-state index in [1.165, 1.54) is 6.07 Å². The van der Waals surface area contributed by atoms with Crippen molar-refractivity contribution in [2.24, 2.45) is 0 Å². The van der Waals surface area contributed by atoms with Crippen LogP contribution in [0.25, 0.3) is 0 Å². The van der Waals surface area contributed by atoms with Crippen LogP contribution >= 0.6 is 0 Å². The van der Waals surface area contributed by atoms with Crippen molar-refractivity contribution in [3.8, 4) is 11.5 Å². The first-order valence-corrected chi connectivity index (χ1v) is 6.27. The number of ether oxygens (including phenoxy) is 1. The van der Waals surface area contributed by atoms with Crippen LogP contribution in [0.1, 0.15) is 23.7 Å². The van der Waals surface area contributed by atoms with E-state index in [1.807, 2.05) is 0 Å². The Bertz CT molecular complexity index is 700. The number of nitro benzene ring substituents is 1. The lowest BCUT2D eigenvalue weighted by atomic mass is 10.1. The summed E-state index contributed by atoms with van der Waals surface area (Å²) in [6.07, 6.45) is 0.295. The number of hydrogen-bond donors (Lipinski definition) is 0. The molecule has 0 unspecified atom stereocenters. The van der Waals surface area contributed by atoms with E-state index in [9.17, 15) is 19.3 Å². The second kappa shape index (κ2) is 6.13. The Balaban J connectivity index is 2.35. The highest BCUT2D eigenvalue weighted by Crippen LogP contribution is 2.30. The molecule has 6 heteroatoms. The molecule has 0 amide bonds. The first-order chi connectivity index (χ1) is 10.0. The van der Waals surface area contributed by atoms with Crippen LogP contribution in [0, 0.1) is 15.9 Å². The van der Waals surface area contributed by atoms with Gasteiger partial charge in [-0.3, -0.25) is 14.9 Å². The Hall–Kier alpha value is -2.76. The van der Waals surface area contributed by atoms with E-state index in [0.717, 1.165) is 12.1 Å². The number of rotatable bonds is 5. The fraction of sp³-hybridized carbons (Fsp3) is 0.133. The van der Waals surface area contributed by atoms with Gasteiger partial charge in [-0.05, 0) is 18.2 Å². The van der Waals surface area contributed by atoms with Crippen molar-refractivity contribution < 1.29 is 18.8 Å². The molecule has 0 spiro atoms. The predicted octanol–water partition coefficient (Wildman–Crippen LogP) is 4.12. The number of benzene rings is 2. The minimum atomic E-state index is -0.858. The van der Waals surface area contributed by atoms with Crippen LogP contribution in [0.15, 0.2) is 42.5 Å². The van der Waals surface area contributed by atoms with Crippen LogP contribution in [0.2, 0.25) is 0 Å². The first-order valence-electron chi connectivity index (χ1n) is 6.27. The van der Waals surface area contributed by atoms with E-state index in [2.05, 4.69) is 0 Å². The summed E-state index contributed by atoms with van der Waals surface area (Å²) in [5, 5.41) is 10.6. The molecule has 0 saturated carbocycles. The number of carbonyl (C=O) groups is 1. The van der Waals surface area contributed by atoms with Gasteiger partial charge in [0, 0.05) is 12.5 Å². The number of Topliss-reactive ketones (excluding diaryl/α,β-unsaturated/α-hetero) is 1. The average molecular weight is 289 g/mol. The zero-order valence-corrected chi connectivity index (χ0v) is 11.2. The molecule has 5 nitrogen and oxygen atoms in total. The summed E-state index contributed by atoms with van der Waals surface area (Å²) in [5.74, 6) is -0.940. The fourth-order valence-corrected chi connectivity index (χ4v) is 1.78. The van der Waals surface area contributed by atoms with Crippen molar-refractivity contribution in [1.82, 2.24) is 0 Å². The molecule has 2 aromatic rings. The molecule has 0 heterocycles. The molecule has 0 radical (unpaired) electrons. The van der Waals surface area contributed by atoms with Crippen LogP contribution in [-0.4, -0.2) is 10.7 Å². The Labute approximate surface area is 120 Å². The predicted molar refractivity (Wildman–Crippen MR) is 74.2 cm³/mol. The molecular formula is C15H12FNO4. The SMILES string of the molecule is CCC(=O)c1ccccc1Oc1ccc([N+](=O)[O-])cc1F. The molecule has 0 bridgehead atoms. The van der Waals surface area contributed by atoms with E-state index in [0.29, 0.717) is 12.0 Å². The van der Waals surface area contributed by atoms with Gasteiger partial charge in [0.05, 0.1) is 16.6 Å². The summed E-state index contributed by atoms with van der Waals surface area (Å²) in [6, 6.07) is 9.56. The third kappa shape index (κ3) is 3.22. The quantitative estimate of drug-likeness (QED) is 0.471. The molecule has 0 saturated heterocycles. The number of hydrogen-bond acceptors (Lipinski definition) is 4. The molecule has 0 aromatic heterocycles. The number of ketones is 1. The zero-order valence-electron chi connectivity index (χ0n) is 11.2. The summed E-state index contributed by atoms with van der Waals surface area (Å²) in [6.45, 7) is 1.71. The van der Waals surface area contributed by atoms with Crippen molar-refractivity contribution in [2.75, 3.05) is 0 Å². The van der Waals surface area contributed by atoms with Gasteiger partial charge in [0.2, 0.25) is 0 Å². The summed E-state index contributed by atoms with van der Waals surface area (Å²) in [5.41, 5.74) is -0.0180. The van der Waals surface area contributed by atoms with Gasteiger partial charge < -0.3 is 4.74 Å². The lowest BCUT2D eigenvalue weighted by molar-refractivity contribution is -0.385. The van der Waals surface area contributed by atoms with Crippen molar-refractivity contribution in [3.05, 3.63) is 64.0 Å². The lowest BCUT2D eigenvalue weighted by Gasteiger charge is -2.10. The van der Waals surface area contributed by atoms with Gasteiger partial charge in [-0.25, -0.2) is 4.39 Å². The monoisotopic (exact) mass is 289 g/mol. The Morgan fingerprint density at radius 2 is 1.95 bits per heavy atom. The molecule has 0 aliphatic rings. The summed E-state index contributed by atoms with van der Waals surface area (Å²) in [4.78, 5) is 21.7. The summed E-state index contributed by atoms with van der Waals surface area (Å²) < 4.78 is 19.2. The Morgan fingerprint density at radius 3 is 2.57 bits per heavy atom. The number of para-hydroxylation sites is 1. The highest BCUT2D eigenvalue weighted by molar-refractivity contribution is 5.98. The highest BCUT2D eigenvalue weighted by atomic mass is 19.1. The molecule has 0 N–H and O–H groups in total. The minimum Gasteiger partial charge on any atom is -0.454 e. The van der Waals surface area contributed by atoms with Crippen molar-refractivity contribution in [1.29, 1.82) is 0 Å². The molecule has 2 rings (SSSR count). The average Bonchev–Trinajstić information content (AvgIpc) is 2.49. The van der Waals surface area contributed by atoms with Crippen LogP contribution in [0.4, 0.5) is 10.1 Å². The third-order valence-corrected chi connectivity index (χ3v) is 2.85. The molecule has 21 heavy (non-hydrogen) atoms. The molecule has 0 aliphatic carbocycles. The van der Waals surface area contributed by atoms with E-state index in [4.69, 9.17) is 4.74 Å². The van der Waals surface area contributed by atoms with Crippen LogP contribution in [0.5, 0.6) is 11.5 Å². The fourth-order valence-electron chi connectivity index (χ4n) is 1.78. The number of carbonyl (C=O) groups excluding carboxylic acids is 1. The molecule has 0 fully saturated rings. The molecular weight excluding hydrogens is 277 g/mol. The zero-order chi connectivity index (χ0) is 15.4. The van der Waals surface area contributed by atoms with Gasteiger partial charge in [0.1, 0.15) is 5.75 Å². The summed E-state index contributed by atoms with van der Waals surface area (Å²) >= 11 is 0. The van der Waals surface area contributed by atoms with Crippen LogP contribution in [0.3, 0.4) is 0 Å². The van der Waals surface area contributed by atoms with Crippen molar-refractivity contribution >= 4 is 11.5 Å². The number of halogens is 1. The van der Waals surface area contributed by atoms with E-state index >= 15 is 0 Å². The Kier molecular flexibility index (Phi) is 4.27. The van der Waals surface area contributed by atoms with Crippen LogP contribution in [-0.2, 0) is 0 Å². The van der Waals surface area contributed by atoms with E-state index < -0.39 is 10.7 Å². The largest absolute Gasteiger partial charge is 0.454 e. The van der Waals surface area contributed by atoms with Gasteiger partial charge in [-0.2, -0.15) is 0 Å². The first kappa shape index (κ1) is 14.6. The molecule has 0 aliphatic heterocycles. The van der Waals surface area contributed by atoms with Gasteiger partial charge in [-0.1, -0.05) is 19.1 Å². The maximum Gasteiger partial charge on any atom is 0.272 e. The Morgan fingerprint density at radius 1 is 1.24 bits per heavy atom. The van der Waals surface area contributed by atoms with Gasteiger partial charge in [-0.15, -0.1) is 0 Å². The lowest BCUT2D eigenvalue weighted by Crippen LogP contribution is -2.00. The smallest absolute Gasteiger partial charge is 0.272 e. The maximum absolute atomic E-state index is 13.8. The second-order valence-corrected chi connectivity index (χ2v) is 4.25. The third-order valence-electron chi connectivity index (χ3n) is 2.85. The van der Waals surface area contributed by atoms with Gasteiger partial charge in [0.15, 0.2) is 17.3 Å². The van der Waals surface area contributed by atoms with E-state index in [-0.39, 0.29) is 23.0 Å². The molecule has 0 atom stereocenters. The van der Waals surface area contributed by atoms with Gasteiger partial charge >= 0.3 is 0 Å². The number of non-ortho nitro benzene ring substituents is 1. The van der Waals surface area contributed by atoms with Crippen molar-refractivity contribution in [2.45, 2.75) is 13.3 Å². The maximum atomic E-state index is 13.8. The minimum absolute atomic E-state index is 0.132.